The molecule has 1 saturated heterocycles. The molecule has 54 heavy (non-hydrogen) atoms. The summed E-state index contributed by atoms with van der Waals surface area (Å²) >= 11 is 0. The van der Waals surface area contributed by atoms with E-state index in [0.717, 1.165) is 70.5 Å². The lowest BCUT2D eigenvalue weighted by Gasteiger charge is -2.50. The van der Waals surface area contributed by atoms with E-state index in [1.807, 2.05) is 0 Å². The van der Waals surface area contributed by atoms with Gasteiger partial charge < -0.3 is 28.5 Å². The molecule has 0 aromatic heterocycles. The highest BCUT2D eigenvalue weighted by molar-refractivity contribution is 7.87. The first-order chi connectivity index (χ1) is 25.5. The Kier molecular flexibility index (Phi) is 11.1. The summed E-state index contributed by atoms with van der Waals surface area (Å²) in [6.45, 7) is 1.97. The molecule has 0 radical (unpaired) electrons. The molecule has 15 heteroatoms. The fraction of sp³-hybridized carbons (Fsp3) is 0.897. The predicted octanol–water partition coefficient (Wildman–Crippen LogP) is 6.19. The molecule has 1 aliphatic heterocycles. The van der Waals surface area contributed by atoms with Crippen molar-refractivity contribution in [3.8, 4) is 0 Å². The molecule has 0 spiro atoms. The van der Waals surface area contributed by atoms with Gasteiger partial charge in [-0.25, -0.2) is 4.79 Å². The molecule has 6 saturated carbocycles. The van der Waals surface area contributed by atoms with Crippen LogP contribution in [0.15, 0.2) is 0 Å². The Morgan fingerprint density at radius 2 is 1.35 bits per heavy atom. The minimum atomic E-state index is -6.03. The molecule has 0 amide bonds. The van der Waals surface area contributed by atoms with Crippen molar-refractivity contribution in [1.29, 1.82) is 0 Å². The Morgan fingerprint density at radius 3 is 1.94 bits per heavy atom. The minimum absolute atomic E-state index is 0.00558. The van der Waals surface area contributed by atoms with Crippen molar-refractivity contribution in [3.63, 3.8) is 0 Å². The number of carbonyl (C=O) groups excluding carboxylic acids is 4. The van der Waals surface area contributed by atoms with Gasteiger partial charge in [-0.3, -0.25) is 14.1 Å². The van der Waals surface area contributed by atoms with Crippen molar-refractivity contribution in [2.24, 2.45) is 51.8 Å². The average Bonchev–Trinajstić information content (AvgIpc) is 3.12. The smallest absolute Gasteiger partial charge is 0.464 e. The van der Waals surface area contributed by atoms with Crippen molar-refractivity contribution in [2.45, 2.75) is 140 Å². The number of rotatable bonds is 11. The third-order valence-corrected chi connectivity index (χ3v) is 15.1. The number of carbonyl (C=O) groups is 4. The SMILES string of the molecule is CC1CC2CCCC(C(=O)OCC3(COC(=O)C45CCCC(CC(C=O)C4)C5)COC(C4CC5CCCC(OC(=O)C(F)(F)S(=O)(=O)O)(C5)C4)OC3)(C1)C2. The van der Waals surface area contributed by atoms with Gasteiger partial charge in [0.2, 0.25) is 0 Å². The van der Waals surface area contributed by atoms with E-state index < -0.39 is 55.4 Å². The molecule has 12 nitrogen and oxygen atoms in total. The quantitative estimate of drug-likeness (QED) is 0.109. The molecule has 6 aliphatic carbocycles. The maximum atomic E-state index is 14.3. The summed E-state index contributed by atoms with van der Waals surface area (Å²) in [6, 6.07) is 0. The number of aldehydes is 1. The lowest BCUT2D eigenvalue weighted by molar-refractivity contribution is -0.279. The first-order valence-electron chi connectivity index (χ1n) is 20.1. The fourth-order valence-corrected chi connectivity index (χ4v) is 12.3. The molecule has 9 atom stereocenters. The molecule has 304 valence electrons. The Hall–Kier alpha value is -2.23. The van der Waals surface area contributed by atoms with E-state index in [2.05, 4.69) is 6.92 Å². The van der Waals surface area contributed by atoms with Crippen LogP contribution in [0.1, 0.15) is 122 Å². The Balaban J connectivity index is 1.06. The van der Waals surface area contributed by atoms with Crippen LogP contribution in [-0.2, 0) is 53.0 Å². The van der Waals surface area contributed by atoms with Crippen molar-refractivity contribution >= 4 is 34.3 Å². The van der Waals surface area contributed by atoms with Crippen LogP contribution in [0.2, 0.25) is 0 Å². The van der Waals surface area contributed by atoms with E-state index in [0.29, 0.717) is 49.9 Å². The fourth-order valence-electron chi connectivity index (χ4n) is 12.1. The molecular weight excluding hydrogens is 730 g/mol. The van der Waals surface area contributed by atoms with Crippen LogP contribution in [0.3, 0.4) is 0 Å². The summed E-state index contributed by atoms with van der Waals surface area (Å²) in [6.07, 6.45) is 12.6. The van der Waals surface area contributed by atoms with Crippen LogP contribution in [0.5, 0.6) is 0 Å². The highest BCUT2D eigenvalue weighted by Crippen LogP contribution is 2.54. The summed E-state index contributed by atoms with van der Waals surface area (Å²) in [5.74, 6) is -2.33. The number of hydrogen-bond donors (Lipinski definition) is 1. The largest absolute Gasteiger partial charge is 0.465 e. The highest BCUT2D eigenvalue weighted by Gasteiger charge is 2.59. The van der Waals surface area contributed by atoms with Gasteiger partial charge in [0.05, 0.1) is 29.5 Å². The average molecular weight is 787 g/mol. The van der Waals surface area contributed by atoms with Gasteiger partial charge >= 0.3 is 33.3 Å². The van der Waals surface area contributed by atoms with Gasteiger partial charge in [0, 0.05) is 11.8 Å². The Bertz CT molecular complexity index is 1560. The second-order valence-electron chi connectivity index (χ2n) is 18.7. The second-order valence-corrected chi connectivity index (χ2v) is 20.2. The topological polar surface area (TPSA) is 169 Å². The molecule has 7 rings (SSSR count). The Labute approximate surface area is 316 Å². The van der Waals surface area contributed by atoms with Crippen LogP contribution >= 0.6 is 0 Å². The molecule has 6 bridgehead atoms. The van der Waals surface area contributed by atoms with Gasteiger partial charge in [-0.15, -0.1) is 0 Å². The summed E-state index contributed by atoms with van der Waals surface area (Å²) in [4.78, 5) is 52.2. The maximum Gasteiger partial charge on any atom is 0.465 e. The second kappa shape index (κ2) is 14.9. The van der Waals surface area contributed by atoms with Gasteiger partial charge in [-0.05, 0) is 107 Å². The van der Waals surface area contributed by atoms with Crippen LogP contribution in [0.25, 0.3) is 0 Å². The molecule has 0 aromatic rings. The van der Waals surface area contributed by atoms with E-state index in [9.17, 15) is 36.4 Å². The molecule has 7 fully saturated rings. The van der Waals surface area contributed by atoms with E-state index >= 15 is 0 Å². The summed E-state index contributed by atoms with van der Waals surface area (Å²) in [7, 11) is -6.03. The number of esters is 3. The zero-order valence-electron chi connectivity index (χ0n) is 31.3. The lowest BCUT2D eigenvalue weighted by Crippen LogP contribution is -2.55. The van der Waals surface area contributed by atoms with Gasteiger partial charge in [0.25, 0.3) is 0 Å². The van der Waals surface area contributed by atoms with Crippen LogP contribution in [0.4, 0.5) is 8.78 Å². The number of hydrogen-bond acceptors (Lipinski definition) is 11. The van der Waals surface area contributed by atoms with E-state index in [1.165, 1.54) is 0 Å². The lowest BCUT2D eigenvalue weighted by atomic mass is 9.59. The maximum absolute atomic E-state index is 14.3. The van der Waals surface area contributed by atoms with Crippen LogP contribution in [0, 0.1) is 51.8 Å². The third-order valence-electron chi connectivity index (χ3n) is 14.3. The van der Waals surface area contributed by atoms with Crippen molar-refractivity contribution < 1.29 is 64.6 Å². The highest BCUT2D eigenvalue weighted by atomic mass is 32.2. The first-order valence-corrected chi connectivity index (χ1v) is 21.5. The van der Waals surface area contributed by atoms with E-state index in [4.69, 9.17) is 28.2 Å². The van der Waals surface area contributed by atoms with Crippen LogP contribution < -0.4 is 0 Å². The Morgan fingerprint density at radius 1 is 0.796 bits per heavy atom. The molecule has 9 unspecified atom stereocenters. The zero-order valence-corrected chi connectivity index (χ0v) is 32.1. The number of fused-ring (bicyclic) bond motifs is 6. The van der Waals surface area contributed by atoms with Crippen molar-refractivity contribution in [2.75, 3.05) is 26.4 Å². The molecule has 7 aliphatic rings. The summed E-state index contributed by atoms with van der Waals surface area (Å²) in [5.41, 5.74) is -3.70. The van der Waals surface area contributed by atoms with Crippen LogP contribution in [-0.4, -0.2) is 80.7 Å². The monoisotopic (exact) mass is 786 g/mol. The third kappa shape index (κ3) is 7.85. The molecule has 1 heterocycles. The van der Waals surface area contributed by atoms with E-state index in [-0.39, 0.29) is 69.5 Å². The number of alkyl halides is 2. The van der Waals surface area contributed by atoms with Gasteiger partial charge in [-0.2, -0.15) is 17.2 Å². The van der Waals surface area contributed by atoms with Gasteiger partial charge in [-0.1, -0.05) is 39.0 Å². The number of ether oxygens (including phenoxy) is 5. The van der Waals surface area contributed by atoms with Gasteiger partial charge in [0.1, 0.15) is 25.1 Å². The first kappa shape index (κ1) is 40.0. The normalized spacial score (nSPS) is 42.3. The molecule has 1 N–H and O–H groups in total. The molecular formula is C39H56F2O12S. The minimum Gasteiger partial charge on any atom is -0.464 e. The van der Waals surface area contributed by atoms with Crippen molar-refractivity contribution in [1.82, 2.24) is 0 Å². The predicted molar refractivity (Wildman–Crippen MR) is 186 cm³/mol. The van der Waals surface area contributed by atoms with Crippen molar-refractivity contribution in [3.05, 3.63) is 0 Å². The van der Waals surface area contributed by atoms with E-state index in [1.54, 1.807) is 0 Å². The zero-order chi connectivity index (χ0) is 38.6. The van der Waals surface area contributed by atoms with Gasteiger partial charge in [0.15, 0.2) is 6.29 Å². The standard InChI is InChI=1S/C39H56F2O12S/c1-25-11-26-5-2-8-36(14-25,15-26)32(43)51-23-35(24-52-33(44)37-9-3-6-27(16-37)12-29(17-37)20-42)21-49-31(50-22-35)30-13-28-7-4-10-38(18-28,19-30)53-34(45)39(40,41)54(46,47)48/h20,25-31H,2-19,21-24H2,1H3,(H,46,47,48). The summed E-state index contributed by atoms with van der Waals surface area (Å²) < 4.78 is 90.4. The summed E-state index contributed by atoms with van der Waals surface area (Å²) in [5, 5.41) is -5.11. The molecule has 0 aromatic carbocycles. The number of halogens is 2.